The number of aliphatic carboxylic acids is 1. The molecule has 2 aromatic heterocycles. The van der Waals surface area contributed by atoms with E-state index in [1.807, 2.05) is 36.7 Å². The number of thioether (sulfide) groups is 1. The number of imidazole rings is 1. The molecular weight excluding hydrogens is 262 g/mol. The van der Waals surface area contributed by atoms with Gasteiger partial charge in [0.25, 0.3) is 0 Å². The van der Waals surface area contributed by atoms with E-state index in [-0.39, 0.29) is 5.75 Å². The lowest BCUT2D eigenvalue weighted by atomic mass is 10.2. The summed E-state index contributed by atoms with van der Waals surface area (Å²) in [6.45, 7) is 4.51. The molecule has 0 saturated carbocycles. The molecule has 0 aliphatic rings. The lowest BCUT2D eigenvalue weighted by molar-refractivity contribution is -0.133. The molecule has 0 amide bonds. The van der Waals surface area contributed by atoms with E-state index in [0.29, 0.717) is 11.7 Å². The van der Waals surface area contributed by atoms with Gasteiger partial charge in [-0.1, -0.05) is 17.8 Å². The summed E-state index contributed by atoms with van der Waals surface area (Å²) < 4.78 is 1.94. The maximum atomic E-state index is 10.6. The van der Waals surface area contributed by atoms with Crippen LogP contribution in [0.5, 0.6) is 0 Å². The number of carboxylic acid groups (broad SMARTS) is 1. The van der Waals surface area contributed by atoms with Crippen molar-refractivity contribution >= 4 is 17.7 Å². The maximum Gasteiger partial charge on any atom is 0.313 e. The molecule has 5 nitrogen and oxygen atoms in total. The summed E-state index contributed by atoms with van der Waals surface area (Å²) in [6.07, 6.45) is 3.68. The molecule has 0 aromatic carbocycles. The third kappa shape index (κ3) is 3.57. The van der Waals surface area contributed by atoms with Crippen LogP contribution < -0.4 is 0 Å². The molecule has 1 N–H and O–H groups in total. The van der Waals surface area contributed by atoms with E-state index in [2.05, 4.69) is 9.97 Å². The zero-order chi connectivity index (χ0) is 13.8. The van der Waals surface area contributed by atoms with Gasteiger partial charge in [-0.25, -0.2) is 4.98 Å². The molecule has 2 heterocycles. The van der Waals surface area contributed by atoms with Gasteiger partial charge in [0.15, 0.2) is 5.16 Å². The van der Waals surface area contributed by atoms with Crippen LogP contribution in [-0.4, -0.2) is 31.4 Å². The highest BCUT2D eigenvalue weighted by Gasteiger charge is 2.10. The number of pyridine rings is 1. The third-order valence-corrected chi connectivity index (χ3v) is 3.60. The first-order valence-corrected chi connectivity index (χ1v) is 6.83. The van der Waals surface area contributed by atoms with Crippen molar-refractivity contribution in [1.29, 1.82) is 0 Å². The first-order chi connectivity index (χ1) is 9.06. The predicted octanol–water partition coefficient (Wildman–Crippen LogP) is 2.12. The summed E-state index contributed by atoms with van der Waals surface area (Å²) in [6, 6.07) is 3.91. The summed E-state index contributed by atoms with van der Waals surface area (Å²) in [5.41, 5.74) is 2.96. The predicted molar refractivity (Wildman–Crippen MR) is 73.4 cm³/mol. The van der Waals surface area contributed by atoms with E-state index >= 15 is 0 Å². The number of rotatable bonds is 5. The maximum absolute atomic E-state index is 10.6. The number of aryl methyl sites for hydroxylation is 2. The van der Waals surface area contributed by atoms with Crippen LogP contribution in [0.3, 0.4) is 0 Å². The molecule has 2 aromatic rings. The van der Waals surface area contributed by atoms with Crippen molar-refractivity contribution in [3.63, 3.8) is 0 Å². The van der Waals surface area contributed by atoms with Crippen molar-refractivity contribution < 1.29 is 9.90 Å². The van der Waals surface area contributed by atoms with Crippen LogP contribution in [0.15, 0.2) is 29.7 Å². The monoisotopic (exact) mass is 277 g/mol. The molecular formula is C13H15N3O2S. The van der Waals surface area contributed by atoms with Crippen LogP contribution in [0.1, 0.15) is 17.0 Å². The number of hydrogen-bond donors (Lipinski definition) is 1. The van der Waals surface area contributed by atoms with Crippen molar-refractivity contribution in [3.05, 3.63) is 41.5 Å². The minimum absolute atomic E-state index is 0.0116. The fourth-order valence-electron chi connectivity index (χ4n) is 1.72. The molecule has 0 spiro atoms. The summed E-state index contributed by atoms with van der Waals surface area (Å²) in [5.74, 6) is -0.830. The molecule has 0 aliphatic heterocycles. The van der Waals surface area contributed by atoms with Gasteiger partial charge in [0.1, 0.15) is 0 Å². The van der Waals surface area contributed by atoms with Crippen molar-refractivity contribution in [3.8, 4) is 0 Å². The van der Waals surface area contributed by atoms with Gasteiger partial charge in [-0.15, -0.1) is 0 Å². The molecule has 19 heavy (non-hydrogen) atoms. The largest absolute Gasteiger partial charge is 0.481 e. The molecule has 0 aliphatic carbocycles. The SMILES string of the molecule is Cc1cn(Cc2ncccc2C)c(SCC(=O)O)n1. The molecule has 0 saturated heterocycles. The number of nitrogens with zero attached hydrogens (tertiary/aromatic N) is 3. The van der Waals surface area contributed by atoms with E-state index < -0.39 is 5.97 Å². The Balaban J connectivity index is 2.20. The highest BCUT2D eigenvalue weighted by Crippen LogP contribution is 2.19. The van der Waals surface area contributed by atoms with Crippen LogP contribution in [-0.2, 0) is 11.3 Å². The van der Waals surface area contributed by atoms with Gasteiger partial charge in [0, 0.05) is 12.4 Å². The minimum atomic E-state index is -0.841. The van der Waals surface area contributed by atoms with Gasteiger partial charge in [0.2, 0.25) is 0 Å². The Kier molecular flexibility index (Phi) is 4.21. The lowest BCUT2D eigenvalue weighted by Gasteiger charge is -2.08. The van der Waals surface area contributed by atoms with Gasteiger partial charge in [-0.2, -0.15) is 0 Å². The van der Waals surface area contributed by atoms with Crippen LogP contribution in [0.4, 0.5) is 0 Å². The first-order valence-electron chi connectivity index (χ1n) is 5.85. The van der Waals surface area contributed by atoms with E-state index in [0.717, 1.165) is 17.0 Å². The molecule has 0 atom stereocenters. The molecule has 0 bridgehead atoms. The number of aromatic nitrogens is 3. The highest BCUT2D eigenvalue weighted by atomic mass is 32.2. The van der Waals surface area contributed by atoms with E-state index in [4.69, 9.17) is 5.11 Å². The van der Waals surface area contributed by atoms with Crippen molar-refractivity contribution in [2.45, 2.75) is 25.5 Å². The molecule has 6 heteroatoms. The normalized spacial score (nSPS) is 10.6. The van der Waals surface area contributed by atoms with Crippen LogP contribution in [0.2, 0.25) is 0 Å². The van der Waals surface area contributed by atoms with Crippen LogP contribution in [0, 0.1) is 13.8 Å². The average molecular weight is 277 g/mol. The smallest absolute Gasteiger partial charge is 0.313 e. The summed E-state index contributed by atoms with van der Waals surface area (Å²) in [5, 5.41) is 9.45. The number of carboxylic acids is 1. The van der Waals surface area contributed by atoms with Crippen molar-refractivity contribution in [2.75, 3.05) is 5.75 Å². The Labute approximate surface area is 115 Å². The first kappa shape index (κ1) is 13.6. The van der Waals surface area contributed by atoms with Gasteiger partial charge in [-0.3, -0.25) is 9.78 Å². The Bertz CT molecular complexity index is 595. The topological polar surface area (TPSA) is 68.0 Å². The van der Waals surface area contributed by atoms with Crippen LogP contribution in [0.25, 0.3) is 0 Å². The number of hydrogen-bond acceptors (Lipinski definition) is 4. The Morgan fingerprint density at radius 3 is 2.95 bits per heavy atom. The standard InChI is InChI=1S/C13H15N3O2S/c1-9-4-3-5-14-11(9)7-16-6-10(2)15-13(16)19-8-12(17)18/h3-6H,7-8H2,1-2H3,(H,17,18). The Morgan fingerprint density at radius 1 is 1.47 bits per heavy atom. The quantitative estimate of drug-likeness (QED) is 0.848. The zero-order valence-electron chi connectivity index (χ0n) is 10.8. The Hall–Kier alpha value is -1.82. The second-order valence-corrected chi connectivity index (χ2v) is 5.18. The third-order valence-electron chi connectivity index (χ3n) is 2.62. The summed E-state index contributed by atoms with van der Waals surface area (Å²) >= 11 is 1.23. The van der Waals surface area contributed by atoms with Crippen molar-refractivity contribution in [1.82, 2.24) is 14.5 Å². The number of carbonyl (C=O) groups is 1. The van der Waals surface area contributed by atoms with Crippen molar-refractivity contribution in [2.24, 2.45) is 0 Å². The van der Waals surface area contributed by atoms with E-state index in [9.17, 15) is 4.79 Å². The Morgan fingerprint density at radius 2 is 2.26 bits per heavy atom. The average Bonchev–Trinajstić information content (AvgIpc) is 2.70. The fourth-order valence-corrected chi connectivity index (χ4v) is 2.47. The minimum Gasteiger partial charge on any atom is -0.481 e. The van der Waals surface area contributed by atoms with Gasteiger partial charge < -0.3 is 9.67 Å². The zero-order valence-corrected chi connectivity index (χ0v) is 11.6. The second-order valence-electron chi connectivity index (χ2n) is 4.24. The second kappa shape index (κ2) is 5.88. The molecule has 0 unspecified atom stereocenters. The summed E-state index contributed by atoms with van der Waals surface area (Å²) in [4.78, 5) is 19.3. The van der Waals surface area contributed by atoms with E-state index in [1.54, 1.807) is 6.20 Å². The highest BCUT2D eigenvalue weighted by molar-refractivity contribution is 7.99. The summed E-state index contributed by atoms with van der Waals surface area (Å²) in [7, 11) is 0. The van der Waals surface area contributed by atoms with E-state index in [1.165, 1.54) is 11.8 Å². The van der Waals surface area contributed by atoms with Crippen LogP contribution >= 0.6 is 11.8 Å². The molecule has 100 valence electrons. The van der Waals surface area contributed by atoms with Gasteiger partial charge in [0.05, 0.1) is 23.7 Å². The van der Waals surface area contributed by atoms with Gasteiger partial charge >= 0.3 is 5.97 Å². The molecule has 0 fully saturated rings. The van der Waals surface area contributed by atoms with Gasteiger partial charge in [-0.05, 0) is 25.5 Å². The molecule has 2 rings (SSSR count). The lowest BCUT2D eigenvalue weighted by Crippen LogP contribution is -2.06. The fraction of sp³-hybridized carbons (Fsp3) is 0.308. The molecule has 0 radical (unpaired) electrons.